The third-order valence-corrected chi connectivity index (χ3v) is 7.45. The maximum Gasteiger partial charge on any atom is 0.225 e. The standard InChI is InChI=1S/C28H30N6O2/c1-17-18(2)31-32-26(17)25(35)13-19-12-22-15-24(30-27(22)29-16-19)21-4-3-5-23(14-21)33-8-10-34(11-9-33)28(36)20-6-7-20/h3-5,12,14-16,20H,6-11,13H2,1-2H3,(H,29,30)(H,31,32). The maximum absolute atomic E-state index is 12.7. The number of fused-ring (bicyclic) bond motifs is 1. The molecule has 4 heterocycles. The van der Waals surface area contributed by atoms with Crippen LogP contribution in [0.25, 0.3) is 22.3 Å². The second-order valence-electron chi connectivity index (χ2n) is 10.0. The normalized spacial score (nSPS) is 16.1. The van der Waals surface area contributed by atoms with E-state index in [9.17, 15) is 9.59 Å². The quantitative estimate of drug-likeness (QED) is 0.404. The highest BCUT2D eigenvalue weighted by molar-refractivity contribution is 5.97. The molecule has 2 fully saturated rings. The molecule has 36 heavy (non-hydrogen) atoms. The molecule has 1 aliphatic carbocycles. The zero-order valence-electron chi connectivity index (χ0n) is 20.7. The molecule has 4 aromatic rings. The summed E-state index contributed by atoms with van der Waals surface area (Å²) in [5.74, 6) is 0.609. The molecule has 1 aliphatic heterocycles. The highest BCUT2D eigenvalue weighted by atomic mass is 16.2. The minimum atomic E-state index is -0.0135. The summed E-state index contributed by atoms with van der Waals surface area (Å²) < 4.78 is 0. The third-order valence-electron chi connectivity index (χ3n) is 7.45. The van der Waals surface area contributed by atoms with Crippen molar-refractivity contribution in [2.45, 2.75) is 33.1 Å². The van der Waals surface area contributed by atoms with Gasteiger partial charge in [0.25, 0.3) is 0 Å². The molecule has 0 bridgehead atoms. The molecule has 1 aromatic carbocycles. The lowest BCUT2D eigenvalue weighted by Crippen LogP contribution is -2.49. The number of aryl methyl sites for hydroxylation is 1. The van der Waals surface area contributed by atoms with Crippen LogP contribution in [-0.4, -0.2) is 62.9 Å². The van der Waals surface area contributed by atoms with E-state index in [1.54, 1.807) is 6.20 Å². The molecule has 0 unspecified atom stereocenters. The fourth-order valence-corrected chi connectivity index (χ4v) is 4.98. The number of pyridine rings is 1. The molecule has 8 nitrogen and oxygen atoms in total. The van der Waals surface area contributed by atoms with E-state index in [0.29, 0.717) is 11.6 Å². The van der Waals surface area contributed by atoms with Crippen LogP contribution in [0.15, 0.2) is 42.6 Å². The van der Waals surface area contributed by atoms with Crippen LogP contribution in [0, 0.1) is 19.8 Å². The van der Waals surface area contributed by atoms with Crippen LogP contribution in [0.2, 0.25) is 0 Å². The number of nitrogens with zero attached hydrogens (tertiary/aromatic N) is 4. The number of H-pyrrole nitrogens is 2. The molecule has 184 valence electrons. The van der Waals surface area contributed by atoms with Gasteiger partial charge in [0.05, 0.1) is 0 Å². The SMILES string of the molecule is Cc1[nH]nc(C(=O)Cc2cnc3[nH]c(-c4cccc(N5CCN(C(=O)C6CC6)CC5)c4)cc3c2)c1C. The Bertz CT molecular complexity index is 1460. The Morgan fingerprint density at radius 3 is 2.58 bits per heavy atom. The van der Waals surface area contributed by atoms with Gasteiger partial charge in [-0.05, 0) is 56.5 Å². The molecule has 6 rings (SSSR count). The molecule has 1 saturated heterocycles. The molecular weight excluding hydrogens is 452 g/mol. The Balaban J connectivity index is 1.17. The first-order valence-electron chi connectivity index (χ1n) is 12.6. The number of benzene rings is 1. The van der Waals surface area contributed by atoms with Crippen LogP contribution in [0.4, 0.5) is 5.69 Å². The van der Waals surface area contributed by atoms with Crippen molar-refractivity contribution in [2.75, 3.05) is 31.1 Å². The number of nitrogens with one attached hydrogen (secondary N) is 2. The average Bonchev–Trinajstić information content (AvgIpc) is 3.58. The summed E-state index contributed by atoms with van der Waals surface area (Å²) >= 11 is 0. The first-order valence-corrected chi connectivity index (χ1v) is 12.6. The summed E-state index contributed by atoms with van der Waals surface area (Å²) in [5, 5.41) is 8.02. The van der Waals surface area contributed by atoms with E-state index < -0.39 is 0 Å². The molecule has 2 N–H and O–H groups in total. The van der Waals surface area contributed by atoms with Gasteiger partial charge in [0, 0.05) is 78.3 Å². The summed E-state index contributed by atoms with van der Waals surface area (Å²) in [5.41, 5.74) is 7.21. The van der Waals surface area contributed by atoms with Crippen molar-refractivity contribution in [3.8, 4) is 11.3 Å². The number of ketones is 1. The van der Waals surface area contributed by atoms with E-state index in [1.165, 1.54) is 0 Å². The summed E-state index contributed by atoms with van der Waals surface area (Å²) in [6.07, 6.45) is 4.14. The number of hydrogen-bond donors (Lipinski definition) is 2. The van der Waals surface area contributed by atoms with Gasteiger partial charge >= 0.3 is 0 Å². The fourth-order valence-electron chi connectivity index (χ4n) is 4.98. The first-order chi connectivity index (χ1) is 17.5. The zero-order chi connectivity index (χ0) is 24.8. The summed E-state index contributed by atoms with van der Waals surface area (Å²) in [4.78, 5) is 37.5. The molecule has 2 aliphatic rings. The topological polar surface area (TPSA) is 98.0 Å². The Kier molecular flexibility index (Phi) is 5.59. The van der Waals surface area contributed by atoms with E-state index in [-0.39, 0.29) is 18.1 Å². The highest BCUT2D eigenvalue weighted by Crippen LogP contribution is 2.32. The van der Waals surface area contributed by atoms with E-state index >= 15 is 0 Å². The van der Waals surface area contributed by atoms with Crippen LogP contribution in [0.3, 0.4) is 0 Å². The molecule has 0 spiro atoms. The second kappa shape index (κ2) is 8.93. The lowest BCUT2D eigenvalue weighted by molar-refractivity contribution is -0.132. The maximum atomic E-state index is 12.7. The number of rotatable bonds is 6. The van der Waals surface area contributed by atoms with Gasteiger partial charge in [0.2, 0.25) is 5.91 Å². The van der Waals surface area contributed by atoms with E-state index in [4.69, 9.17) is 0 Å². The second-order valence-corrected chi connectivity index (χ2v) is 10.0. The van der Waals surface area contributed by atoms with E-state index in [0.717, 1.165) is 83.8 Å². The van der Waals surface area contributed by atoms with Crippen molar-refractivity contribution in [1.29, 1.82) is 0 Å². The molecule has 0 radical (unpaired) electrons. The highest BCUT2D eigenvalue weighted by Gasteiger charge is 2.34. The van der Waals surface area contributed by atoms with Gasteiger partial charge in [-0.1, -0.05) is 12.1 Å². The first kappa shape index (κ1) is 22.5. The van der Waals surface area contributed by atoms with Gasteiger partial charge in [-0.3, -0.25) is 14.7 Å². The molecule has 0 atom stereocenters. The van der Waals surface area contributed by atoms with Crippen molar-refractivity contribution in [3.63, 3.8) is 0 Å². The fraction of sp³-hybridized carbons (Fsp3) is 0.357. The Hall–Kier alpha value is -3.94. The molecule has 8 heteroatoms. The third kappa shape index (κ3) is 4.27. The van der Waals surface area contributed by atoms with Crippen LogP contribution in [-0.2, 0) is 11.2 Å². The molecular formula is C28H30N6O2. The minimum Gasteiger partial charge on any atom is -0.368 e. The van der Waals surface area contributed by atoms with Crippen LogP contribution in [0.5, 0.6) is 0 Å². The largest absolute Gasteiger partial charge is 0.368 e. The van der Waals surface area contributed by atoms with Gasteiger partial charge < -0.3 is 14.8 Å². The lowest BCUT2D eigenvalue weighted by Gasteiger charge is -2.36. The van der Waals surface area contributed by atoms with E-state index in [1.807, 2.05) is 24.8 Å². The number of Topliss-reactive ketones (excluding diaryl/α,β-unsaturated/α-hetero) is 1. The van der Waals surface area contributed by atoms with Gasteiger partial charge in [0.1, 0.15) is 11.3 Å². The zero-order valence-corrected chi connectivity index (χ0v) is 20.7. The number of piperazine rings is 1. The van der Waals surface area contributed by atoms with Gasteiger partial charge in [-0.15, -0.1) is 0 Å². The molecule has 1 amide bonds. The van der Waals surface area contributed by atoms with Gasteiger partial charge in [-0.2, -0.15) is 5.10 Å². The molecule has 1 saturated carbocycles. The number of carbonyl (C=O) groups is 2. The minimum absolute atomic E-state index is 0.0135. The van der Waals surface area contributed by atoms with E-state index in [2.05, 4.69) is 55.4 Å². The van der Waals surface area contributed by atoms with Crippen molar-refractivity contribution in [3.05, 3.63) is 65.1 Å². The van der Waals surface area contributed by atoms with Crippen molar-refractivity contribution >= 4 is 28.4 Å². The molecule has 3 aromatic heterocycles. The number of aromatic amines is 2. The van der Waals surface area contributed by atoms with Crippen LogP contribution in [0.1, 0.15) is 40.2 Å². The summed E-state index contributed by atoms with van der Waals surface area (Å²) in [6, 6.07) is 12.6. The number of carbonyl (C=O) groups excluding carboxylic acids is 2. The number of aromatic nitrogens is 4. The Morgan fingerprint density at radius 2 is 1.86 bits per heavy atom. The number of hydrogen-bond acceptors (Lipinski definition) is 5. The smallest absolute Gasteiger partial charge is 0.225 e. The van der Waals surface area contributed by atoms with Crippen LogP contribution < -0.4 is 4.90 Å². The predicted octanol–water partition coefficient (Wildman–Crippen LogP) is 4.05. The monoisotopic (exact) mass is 482 g/mol. The van der Waals surface area contributed by atoms with Crippen LogP contribution >= 0.6 is 0 Å². The van der Waals surface area contributed by atoms with Gasteiger partial charge in [-0.25, -0.2) is 4.98 Å². The van der Waals surface area contributed by atoms with Crippen molar-refractivity contribution in [1.82, 2.24) is 25.1 Å². The lowest BCUT2D eigenvalue weighted by atomic mass is 10.0. The Morgan fingerprint density at radius 1 is 1.06 bits per heavy atom. The summed E-state index contributed by atoms with van der Waals surface area (Å²) in [6.45, 7) is 7.10. The predicted molar refractivity (Wildman–Crippen MR) is 139 cm³/mol. The van der Waals surface area contributed by atoms with Gasteiger partial charge in [0.15, 0.2) is 5.78 Å². The van der Waals surface area contributed by atoms with Crippen molar-refractivity contribution in [2.24, 2.45) is 5.92 Å². The number of anilines is 1. The number of amides is 1. The average molecular weight is 483 g/mol. The Labute approximate surface area is 209 Å². The van der Waals surface area contributed by atoms with Crippen molar-refractivity contribution < 1.29 is 9.59 Å². The summed E-state index contributed by atoms with van der Waals surface area (Å²) in [7, 11) is 0.